The van der Waals surface area contributed by atoms with Crippen molar-refractivity contribution >= 4 is 31.9 Å². The first kappa shape index (κ1) is 25.0. The van der Waals surface area contributed by atoms with E-state index in [1.807, 2.05) is 0 Å². The molecule has 0 aromatic rings. The highest BCUT2D eigenvalue weighted by Crippen LogP contribution is 2.61. The Hall–Kier alpha value is 0.920. The number of hydrogen-bond donors (Lipinski definition) is 1. The van der Waals surface area contributed by atoms with Gasteiger partial charge in [-0.25, -0.2) is 0 Å². The molecule has 1 N–H and O–H groups in total. The summed E-state index contributed by atoms with van der Waals surface area (Å²) in [5.41, 5.74) is 0.255. The van der Waals surface area contributed by atoms with Crippen LogP contribution in [0.4, 0.5) is 0 Å². The van der Waals surface area contributed by atoms with Gasteiger partial charge in [0.25, 0.3) is 0 Å². The zero-order chi connectivity index (χ0) is 19.8. The summed E-state index contributed by atoms with van der Waals surface area (Å²) in [4.78, 5) is 0. The van der Waals surface area contributed by atoms with Crippen molar-refractivity contribution in [1.82, 2.24) is 0 Å². The van der Waals surface area contributed by atoms with Crippen LogP contribution in [0.3, 0.4) is 0 Å². The van der Waals surface area contributed by atoms with Crippen LogP contribution in [0, 0.1) is 29.1 Å². The van der Waals surface area contributed by atoms with Gasteiger partial charge in [0.2, 0.25) is 0 Å². The van der Waals surface area contributed by atoms with Gasteiger partial charge in [0.05, 0.1) is 3.23 Å². The summed E-state index contributed by atoms with van der Waals surface area (Å²) in [6.45, 7) is 12.2. The van der Waals surface area contributed by atoms with Crippen LogP contribution < -0.4 is 0 Å². The molecule has 0 bridgehead atoms. The van der Waals surface area contributed by atoms with Gasteiger partial charge < -0.3 is 5.11 Å². The summed E-state index contributed by atoms with van der Waals surface area (Å²) in [5, 5.41) is 9.61. The predicted molar refractivity (Wildman–Crippen MR) is 123 cm³/mol. The molecular formula is C23H44Br2O. The highest BCUT2D eigenvalue weighted by atomic mass is 79.9. The Kier molecular flexibility index (Phi) is 11.3. The molecule has 3 heteroatoms. The third kappa shape index (κ3) is 7.74. The van der Waals surface area contributed by atoms with Gasteiger partial charge in [-0.1, -0.05) is 118 Å². The molecule has 4 unspecified atom stereocenters. The standard InChI is InChI=1S/C23H44Br2O/c1-18(2)9-6-10-19(3)11-7-12-20(4)13-8-15-22(5)16-14-21(17-26)23(22,24)25/h18-21,26H,6-17H2,1-5H3. The summed E-state index contributed by atoms with van der Waals surface area (Å²) < 4.78 is -0.0869. The van der Waals surface area contributed by atoms with E-state index in [0.29, 0.717) is 5.92 Å². The monoisotopic (exact) mass is 494 g/mol. The molecule has 0 amide bonds. The Morgan fingerprint density at radius 2 is 1.38 bits per heavy atom. The molecule has 1 fully saturated rings. The van der Waals surface area contributed by atoms with E-state index in [4.69, 9.17) is 0 Å². The average molecular weight is 496 g/mol. The van der Waals surface area contributed by atoms with E-state index in [-0.39, 0.29) is 15.3 Å². The predicted octanol–water partition coefficient (Wildman–Crippen LogP) is 8.32. The Balaban J connectivity index is 2.18. The second-order valence-electron chi connectivity index (χ2n) is 9.96. The molecule has 1 nitrogen and oxygen atoms in total. The fourth-order valence-corrected chi connectivity index (χ4v) is 6.19. The molecule has 1 rings (SSSR count). The van der Waals surface area contributed by atoms with Crippen molar-refractivity contribution < 1.29 is 5.11 Å². The van der Waals surface area contributed by atoms with E-state index in [0.717, 1.165) is 24.2 Å². The molecular weight excluding hydrogens is 452 g/mol. The molecule has 26 heavy (non-hydrogen) atoms. The van der Waals surface area contributed by atoms with Gasteiger partial charge in [-0.2, -0.15) is 0 Å². The van der Waals surface area contributed by atoms with Gasteiger partial charge >= 0.3 is 0 Å². The molecule has 0 spiro atoms. The van der Waals surface area contributed by atoms with Crippen LogP contribution in [-0.4, -0.2) is 14.9 Å². The van der Waals surface area contributed by atoms with Gasteiger partial charge in [-0.3, -0.25) is 0 Å². The minimum atomic E-state index is -0.0869. The van der Waals surface area contributed by atoms with E-state index in [1.165, 1.54) is 64.2 Å². The summed E-state index contributed by atoms with van der Waals surface area (Å²) in [6.07, 6.45) is 14.6. The molecule has 1 aliphatic rings. The van der Waals surface area contributed by atoms with Crippen LogP contribution in [0.1, 0.15) is 105 Å². The number of aliphatic hydroxyl groups is 1. The van der Waals surface area contributed by atoms with Gasteiger partial charge in [-0.05, 0) is 42.4 Å². The Labute approximate surface area is 180 Å². The van der Waals surface area contributed by atoms with E-state index < -0.39 is 0 Å². The highest BCUT2D eigenvalue weighted by Gasteiger charge is 2.53. The van der Waals surface area contributed by atoms with Crippen LogP contribution in [-0.2, 0) is 0 Å². The van der Waals surface area contributed by atoms with Crippen molar-refractivity contribution in [2.75, 3.05) is 6.61 Å². The molecule has 1 saturated carbocycles. The zero-order valence-corrected chi connectivity index (χ0v) is 21.2. The molecule has 0 aliphatic heterocycles. The summed E-state index contributed by atoms with van der Waals surface area (Å²) in [6, 6.07) is 0. The van der Waals surface area contributed by atoms with Crippen molar-refractivity contribution in [2.45, 2.75) is 108 Å². The van der Waals surface area contributed by atoms with Gasteiger partial charge in [0, 0.05) is 12.5 Å². The summed E-state index contributed by atoms with van der Waals surface area (Å²) in [7, 11) is 0. The number of alkyl halides is 2. The summed E-state index contributed by atoms with van der Waals surface area (Å²) >= 11 is 7.81. The van der Waals surface area contributed by atoms with Gasteiger partial charge in [-0.15, -0.1) is 0 Å². The normalized spacial score (nSPS) is 27.8. The fourth-order valence-electron chi connectivity index (χ4n) is 4.65. The lowest BCUT2D eigenvalue weighted by atomic mass is 9.81. The lowest BCUT2D eigenvalue weighted by Gasteiger charge is -2.38. The Morgan fingerprint density at radius 3 is 1.85 bits per heavy atom. The topological polar surface area (TPSA) is 20.2 Å². The second kappa shape index (κ2) is 11.8. The smallest absolute Gasteiger partial charge is 0.0908 e. The molecule has 0 saturated heterocycles. The minimum Gasteiger partial charge on any atom is -0.396 e. The second-order valence-corrected chi connectivity index (χ2v) is 13.5. The van der Waals surface area contributed by atoms with Crippen molar-refractivity contribution in [3.05, 3.63) is 0 Å². The molecule has 4 atom stereocenters. The molecule has 0 heterocycles. The lowest BCUT2D eigenvalue weighted by Crippen LogP contribution is -2.36. The molecule has 1 aliphatic carbocycles. The third-order valence-corrected chi connectivity index (χ3v) is 10.1. The minimum absolute atomic E-state index is 0.0869. The number of halogens is 2. The Bertz CT molecular complexity index is 382. The van der Waals surface area contributed by atoms with Crippen LogP contribution in [0.25, 0.3) is 0 Å². The number of hydrogen-bond acceptors (Lipinski definition) is 1. The first-order chi connectivity index (χ1) is 12.1. The highest BCUT2D eigenvalue weighted by molar-refractivity contribution is 9.25. The van der Waals surface area contributed by atoms with Crippen molar-refractivity contribution in [1.29, 1.82) is 0 Å². The first-order valence-corrected chi connectivity index (χ1v) is 12.7. The lowest BCUT2D eigenvalue weighted by molar-refractivity contribution is 0.206. The Morgan fingerprint density at radius 1 is 0.885 bits per heavy atom. The van der Waals surface area contributed by atoms with Crippen LogP contribution in [0.2, 0.25) is 0 Å². The maximum atomic E-state index is 9.61. The van der Waals surface area contributed by atoms with Crippen molar-refractivity contribution in [2.24, 2.45) is 29.1 Å². The first-order valence-electron chi connectivity index (χ1n) is 11.1. The van der Waals surface area contributed by atoms with E-state index >= 15 is 0 Å². The maximum absolute atomic E-state index is 9.61. The average Bonchev–Trinajstić information content (AvgIpc) is 2.76. The third-order valence-electron chi connectivity index (χ3n) is 6.88. The van der Waals surface area contributed by atoms with Crippen molar-refractivity contribution in [3.63, 3.8) is 0 Å². The fraction of sp³-hybridized carbons (Fsp3) is 1.00. The SMILES string of the molecule is CC(C)CCCC(C)CCCC(C)CCCC1(C)CCC(CO)C1(Br)Br. The van der Waals surface area contributed by atoms with E-state index in [1.54, 1.807) is 0 Å². The van der Waals surface area contributed by atoms with Crippen LogP contribution in [0.5, 0.6) is 0 Å². The van der Waals surface area contributed by atoms with Crippen molar-refractivity contribution in [3.8, 4) is 0 Å². The quantitative estimate of drug-likeness (QED) is 0.254. The van der Waals surface area contributed by atoms with Gasteiger partial charge in [0.1, 0.15) is 0 Å². The number of aliphatic hydroxyl groups excluding tert-OH is 1. The largest absolute Gasteiger partial charge is 0.396 e. The molecule has 0 aromatic carbocycles. The van der Waals surface area contributed by atoms with E-state index in [9.17, 15) is 5.11 Å². The van der Waals surface area contributed by atoms with Crippen LogP contribution in [0.15, 0.2) is 0 Å². The van der Waals surface area contributed by atoms with Crippen LogP contribution >= 0.6 is 31.9 Å². The zero-order valence-electron chi connectivity index (χ0n) is 18.0. The summed E-state index contributed by atoms with van der Waals surface area (Å²) in [5.74, 6) is 2.93. The van der Waals surface area contributed by atoms with E-state index in [2.05, 4.69) is 66.5 Å². The molecule has 156 valence electrons. The molecule has 0 radical (unpaired) electrons. The maximum Gasteiger partial charge on any atom is 0.0908 e. The van der Waals surface area contributed by atoms with Gasteiger partial charge in [0.15, 0.2) is 0 Å². The molecule has 0 aromatic heterocycles. The number of rotatable bonds is 13.